The van der Waals surface area contributed by atoms with Gasteiger partial charge in [-0.15, -0.1) is 24.2 Å². The molecule has 0 radical (unpaired) electrons. The van der Waals surface area contributed by atoms with Gasteiger partial charge >= 0.3 is 0 Å². The maximum Gasteiger partial charge on any atom is 0.234 e. The minimum atomic E-state index is -0.614. The molecule has 2 N–H and O–H groups in total. The molecule has 1 amide bonds. The number of amides is 1. The van der Waals surface area contributed by atoms with E-state index in [4.69, 9.17) is 0 Å². The average molecular weight is 413 g/mol. The van der Waals surface area contributed by atoms with Gasteiger partial charge in [0.15, 0.2) is 5.78 Å². The molecule has 3 rings (SSSR count). The van der Waals surface area contributed by atoms with Crippen LogP contribution >= 0.6 is 24.2 Å². The van der Waals surface area contributed by atoms with Crippen LogP contribution in [-0.2, 0) is 17.8 Å². The van der Waals surface area contributed by atoms with Gasteiger partial charge in [-0.05, 0) is 55.3 Å². The lowest BCUT2D eigenvalue weighted by Crippen LogP contribution is -2.25. The largest absolute Gasteiger partial charge is 0.323 e. The summed E-state index contributed by atoms with van der Waals surface area (Å²) in [5, 5.41) is 5.74. The number of hydrogen-bond donors (Lipinski definition) is 2. The summed E-state index contributed by atoms with van der Waals surface area (Å²) in [5.41, 5.74) is 1.72. The fraction of sp³-hybridized carbons (Fsp3) is 0.263. The molecular formula is C19H19ClF2N2O2S. The standard InChI is InChI=1S/C19H18F2N2O2S.ClH/c1-11(24)14-4-3-13(8-16(14)20)26-10-18(25)23-17-5-2-12-9-22-7-6-15(12)19(17)21;/h2-5,8,22H,6-7,9-10H2,1H3,(H,23,25);1H. The number of anilines is 1. The van der Waals surface area contributed by atoms with Crippen molar-refractivity contribution < 1.29 is 18.4 Å². The van der Waals surface area contributed by atoms with Gasteiger partial charge in [0.25, 0.3) is 0 Å². The number of thioether (sulfide) groups is 1. The topological polar surface area (TPSA) is 58.2 Å². The number of carbonyl (C=O) groups is 2. The molecule has 1 aliphatic heterocycles. The number of carbonyl (C=O) groups excluding carboxylic acids is 2. The van der Waals surface area contributed by atoms with E-state index in [1.807, 2.05) is 6.07 Å². The van der Waals surface area contributed by atoms with Crippen molar-refractivity contribution in [3.05, 3.63) is 58.7 Å². The molecule has 0 atom stereocenters. The van der Waals surface area contributed by atoms with Crippen molar-refractivity contribution in [2.24, 2.45) is 0 Å². The molecule has 0 aliphatic carbocycles. The van der Waals surface area contributed by atoms with E-state index in [-0.39, 0.29) is 46.9 Å². The lowest BCUT2D eigenvalue weighted by atomic mass is 9.99. The Labute approximate surface area is 166 Å². The first-order valence-electron chi connectivity index (χ1n) is 8.20. The lowest BCUT2D eigenvalue weighted by Gasteiger charge is -2.19. The summed E-state index contributed by atoms with van der Waals surface area (Å²) < 4.78 is 28.3. The third kappa shape index (κ3) is 5.06. The van der Waals surface area contributed by atoms with Gasteiger partial charge in [0, 0.05) is 11.4 Å². The molecule has 1 heterocycles. The van der Waals surface area contributed by atoms with Crippen molar-refractivity contribution in [1.29, 1.82) is 0 Å². The molecule has 0 fully saturated rings. The maximum atomic E-state index is 14.5. The van der Waals surface area contributed by atoms with Crippen LogP contribution in [0.25, 0.3) is 0 Å². The van der Waals surface area contributed by atoms with Crippen LogP contribution in [0.5, 0.6) is 0 Å². The monoisotopic (exact) mass is 412 g/mol. The van der Waals surface area contributed by atoms with E-state index in [9.17, 15) is 18.4 Å². The van der Waals surface area contributed by atoms with Crippen LogP contribution in [-0.4, -0.2) is 24.0 Å². The van der Waals surface area contributed by atoms with Gasteiger partial charge in [0.05, 0.1) is 17.0 Å². The van der Waals surface area contributed by atoms with Crippen LogP contribution in [0, 0.1) is 11.6 Å². The number of ketones is 1. The normalized spacial score (nSPS) is 12.7. The number of nitrogens with one attached hydrogen (secondary N) is 2. The summed E-state index contributed by atoms with van der Waals surface area (Å²) in [7, 11) is 0. The molecule has 8 heteroatoms. The number of Topliss-reactive ketones (excluding diaryl/α,β-unsaturated/α-hetero) is 1. The fourth-order valence-electron chi connectivity index (χ4n) is 2.84. The van der Waals surface area contributed by atoms with E-state index >= 15 is 0 Å². The van der Waals surface area contributed by atoms with Crippen LogP contribution in [0.2, 0.25) is 0 Å². The molecule has 1 aliphatic rings. The zero-order valence-corrected chi connectivity index (χ0v) is 16.2. The van der Waals surface area contributed by atoms with Gasteiger partial charge in [-0.25, -0.2) is 8.78 Å². The van der Waals surface area contributed by atoms with Gasteiger partial charge in [-0.2, -0.15) is 0 Å². The second kappa shape index (κ2) is 9.30. The zero-order chi connectivity index (χ0) is 18.7. The number of fused-ring (bicyclic) bond motifs is 1. The maximum absolute atomic E-state index is 14.5. The first kappa shape index (κ1) is 21.3. The Morgan fingerprint density at radius 2 is 2.00 bits per heavy atom. The van der Waals surface area contributed by atoms with Gasteiger partial charge in [-0.3, -0.25) is 9.59 Å². The van der Waals surface area contributed by atoms with E-state index in [1.54, 1.807) is 12.1 Å². The molecule has 27 heavy (non-hydrogen) atoms. The summed E-state index contributed by atoms with van der Waals surface area (Å²) in [6.45, 7) is 2.62. The quantitative estimate of drug-likeness (QED) is 0.576. The molecule has 0 bridgehead atoms. The smallest absolute Gasteiger partial charge is 0.234 e. The summed E-state index contributed by atoms with van der Waals surface area (Å²) >= 11 is 1.12. The van der Waals surface area contributed by atoms with Crippen LogP contribution in [0.4, 0.5) is 14.5 Å². The van der Waals surface area contributed by atoms with Gasteiger partial charge < -0.3 is 10.6 Å². The molecule has 2 aromatic rings. The zero-order valence-electron chi connectivity index (χ0n) is 14.6. The van der Waals surface area contributed by atoms with Crippen LogP contribution in [0.15, 0.2) is 35.2 Å². The summed E-state index contributed by atoms with van der Waals surface area (Å²) in [6, 6.07) is 7.58. The van der Waals surface area contributed by atoms with Gasteiger partial charge in [0.1, 0.15) is 11.6 Å². The Hall–Kier alpha value is -1.96. The third-order valence-electron chi connectivity index (χ3n) is 4.17. The van der Waals surface area contributed by atoms with Crippen molar-refractivity contribution in [2.75, 3.05) is 17.6 Å². The van der Waals surface area contributed by atoms with Crippen molar-refractivity contribution >= 4 is 41.5 Å². The van der Waals surface area contributed by atoms with Crippen molar-refractivity contribution in [3.63, 3.8) is 0 Å². The van der Waals surface area contributed by atoms with Crippen LogP contribution in [0.1, 0.15) is 28.4 Å². The first-order valence-corrected chi connectivity index (χ1v) is 9.18. The molecule has 0 unspecified atom stereocenters. The van der Waals surface area contributed by atoms with Crippen LogP contribution in [0.3, 0.4) is 0 Å². The molecular weight excluding hydrogens is 394 g/mol. The Morgan fingerprint density at radius 1 is 1.22 bits per heavy atom. The lowest BCUT2D eigenvalue weighted by molar-refractivity contribution is -0.113. The highest BCUT2D eigenvalue weighted by molar-refractivity contribution is 8.00. The highest BCUT2D eigenvalue weighted by Crippen LogP contribution is 2.25. The van der Waals surface area contributed by atoms with Gasteiger partial charge in [0.2, 0.25) is 5.91 Å². The molecule has 0 aromatic heterocycles. The molecule has 4 nitrogen and oxygen atoms in total. The molecule has 0 spiro atoms. The predicted octanol–water partition coefficient (Wildman–Crippen LogP) is 3.97. The van der Waals surface area contributed by atoms with Crippen LogP contribution < -0.4 is 10.6 Å². The number of hydrogen-bond acceptors (Lipinski definition) is 4. The highest BCUT2D eigenvalue weighted by atomic mass is 35.5. The Balaban J connectivity index is 0.00000261. The fourth-order valence-corrected chi connectivity index (χ4v) is 3.56. The van der Waals surface area contributed by atoms with E-state index < -0.39 is 5.82 Å². The minimum Gasteiger partial charge on any atom is -0.323 e. The average Bonchev–Trinajstić information content (AvgIpc) is 2.62. The van der Waals surface area contributed by atoms with E-state index in [0.717, 1.165) is 17.3 Å². The van der Waals surface area contributed by atoms with Crippen molar-refractivity contribution in [3.8, 4) is 0 Å². The summed E-state index contributed by atoms with van der Waals surface area (Å²) in [5.74, 6) is -1.72. The predicted molar refractivity (Wildman–Crippen MR) is 105 cm³/mol. The Morgan fingerprint density at radius 3 is 2.70 bits per heavy atom. The SMILES string of the molecule is CC(=O)c1ccc(SCC(=O)Nc2ccc3c(c2F)CCNC3)cc1F.Cl. The molecule has 144 valence electrons. The second-order valence-electron chi connectivity index (χ2n) is 6.03. The van der Waals surface area contributed by atoms with Crippen molar-refractivity contribution in [2.45, 2.75) is 24.8 Å². The Bertz CT molecular complexity index is 877. The van der Waals surface area contributed by atoms with E-state index in [2.05, 4.69) is 10.6 Å². The molecule has 0 saturated carbocycles. The minimum absolute atomic E-state index is 0. The second-order valence-corrected chi connectivity index (χ2v) is 7.08. The number of rotatable bonds is 5. The molecule has 0 saturated heterocycles. The third-order valence-corrected chi connectivity index (χ3v) is 5.17. The highest BCUT2D eigenvalue weighted by Gasteiger charge is 2.17. The number of benzene rings is 2. The molecule has 2 aromatic carbocycles. The van der Waals surface area contributed by atoms with Crippen molar-refractivity contribution in [1.82, 2.24) is 5.32 Å². The summed E-state index contributed by atoms with van der Waals surface area (Å²) in [4.78, 5) is 23.9. The first-order chi connectivity index (χ1) is 12.5. The van der Waals surface area contributed by atoms with E-state index in [1.165, 1.54) is 19.1 Å². The van der Waals surface area contributed by atoms with Gasteiger partial charge in [-0.1, -0.05) is 6.07 Å². The van der Waals surface area contributed by atoms with E-state index in [0.29, 0.717) is 30.0 Å². The number of halogens is 3. The summed E-state index contributed by atoms with van der Waals surface area (Å²) in [6.07, 6.45) is 0.585. The Kier molecular flexibility index (Phi) is 7.35.